The van der Waals surface area contributed by atoms with E-state index >= 15 is 0 Å². The van der Waals surface area contributed by atoms with Gasteiger partial charge in [0.1, 0.15) is 44.9 Å². The van der Waals surface area contributed by atoms with Gasteiger partial charge < -0.3 is 59.6 Å². The number of carbonyl (C=O) groups excluding carboxylic acids is 6. The Bertz CT molecular complexity index is 2400. The first-order valence-electron chi connectivity index (χ1n) is 25.3. The van der Waals surface area contributed by atoms with Crippen LogP contribution < -0.4 is 16.0 Å². The Kier molecular flexibility index (Phi) is 21.7. The van der Waals surface area contributed by atoms with Gasteiger partial charge in [0.25, 0.3) is 0 Å². The van der Waals surface area contributed by atoms with Crippen molar-refractivity contribution in [3.63, 3.8) is 0 Å². The molecule has 0 bridgehead atoms. The fraction of sp³-hybridized carbons (Fsp3) is 0.556. The third kappa shape index (κ3) is 17.0. The number of hydrogen-bond donors (Lipinski definition) is 5. The number of aliphatic hydroxyl groups is 2. The number of carbonyl (C=O) groups is 6. The van der Waals surface area contributed by atoms with Crippen LogP contribution >= 0.6 is 22.7 Å². The molecule has 2 aliphatic heterocycles. The molecule has 2 fully saturated rings. The molecule has 0 aliphatic carbocycles. The Labute approximate surface area is 452 Å². The second-order valence-corrected chi connectivity index (χ2v) is 23.0. The molecule has 2 aliphatic rings. The summed E-state index contributed by atoms with van der Waals surface area (Å²) in [4.78, 5) is 94.4. The topological polar surface area (TPSA) is 257 Å². The largest absolute Gasteiger partial charge is 0.391 e. The van der Waals surface area contributed by atoms with Crippen molar-refractivity contribution in [2.75, 3.05) is 59.9 Å². The third-order valence-corrected chi connectivity index (χ3v) is 15.1. The molecule has 0 saturated carbocycles. The van der Waals surface area contributed by atoms with Crippen molar-refractivity contribution in [3.05, 3.63) is 82.1 Å². The molecule has 0 spiro atoms. The summed E-state index contributed by atoms with van der Waals surface area (Å²) >= 11 is 3.12. The highest BCUT2D eigenvalue weighted by Crippen LogP contribution is 2.34. The summed E-state index contributed by atoms with van der Waals surface area (Å²) in [5, 5.41) is 29.7. The number of Topliss-reactive ketones (excluding diaryl/α,β-unsaturated/α-hetero) is 1. The highest BCUT2D eigenvalue weighted by molar-refractivity contribution is 7.13. The summed E-state index contributed by atoms with van der Waals surface area (Å²) in [7, 11) is 0. The first-order chi connectivity index (χ1) is 36.1. The summed E-state index contributed by atoms with van der Waals surface area (Å²) in [6.45, 7) is 14.0. The van der Waals surface area contributed by atoms with E-state index in [0.717, 1.165) is 43.4 Å². The quantitative estimate of drug-likeness (QED) is 0.0428. The molecule has 414 valence electrons. The van der Waals surface area contributed by atoms with Gasteiger partial charge in [0.05, 0.1) is 57.6 Å². The molecule has 76 heavy (non-hydrogen) atoms. The maximum atomic E-state index is 14.0. The standard InChI is InChI=1S/C54H73N7O13S2/c1-33-46(75-28-57-33)37-13-9-35(10-14-37)22-55-49(66)43-20-39(62)24-60(43)51(68)42(53(3,4)5)19-41(64)26-70-17-18-71-30-73-32-74-31-72-27-45(65)59-48(54(6,7)8)52(69)61-25-40(63)21-44(61)50(67)56-23-36-11-15-38(16-12-36)47-34(2)58-29-76-47/h9-16,28-29,39-40,42-44,48,62-63H,17-27,30-32H2,1-8H3,(H,55,66)(H,56,67)(H,59,65)/t39-,40-,42-,43+,44+,48-/m1/s1. The zero-order valence-electron chi connectivity index (χ0n) is 44.6. The molecule has 2 aromatic heterocycles. The van der Waals surface area contributed by atoms with Gasteiger partial charge in [-0.1, -0.05) is 90.1 Å². The molecule has 22 heteroatoms. The summed E-state index contributed by atoms with van der Waals surface area (Å²) < 4.78 is 26.8. The van der Waals surface area contributed by atoms with Crippen molar-refractivity contribution in [1.82, 2.24) is 35.7 Å². The van der Waals surface area contributed by atoms with E-state index in [2.05, 4.69) is 25.9 Å². The van der Waals surface area contributed by atoms with E-state index < -0.39 is 71.4 Å². The van der Waals surface area contributed by atoms with Crippen LogP contribution in [0.5, 0.6) is 0 Å². The Morgan fingerprint density at radius 1 is 0.632 bits per heavy atom. The van der Waals surface area contributed by atoms with Crippen LogP contribution in [-0.2, 0) is 65.5 Å². The SMILES string of the molecule is Cc1ncsc1-c1ccc(CNC(=O)[C@@H]2C[C@@H](O)CN2C(=O)[C@@H](CC(=O)COCCOCOCOCOCC(=O)N[C@H](C(=O)N2C[C@H](O)C[C@H]2C(=O)NCc2ccc(-c3scnc3C)cc2)C(C)(C)C)C(C)(C)C)cc1. The second-order valence-electron chi connectivity index (χ2n) is 21.3. The lowest BCUT2D eigenvalue weighted by Crippen LogP contribution is -2.58. The van der Waals surface area contributed by atoms with Crippen molar-refractivity contribution in [3.8, 4) is 20.9 Å². The van der Waals surface area contributed by atoms with Crippen molar-refractivity contribution in [2.24, 2.45) is 16.7 Å². The van der Waals surface area contributed by atoms with Crippen LogP contribution in [0.15, 0.2) is 59.6 Å². The number of likely N-dealkylation sites (tertiary alicyclic amines) is 2. The van der Waals surface area contributed by atoms with Crippen LogP contribution in [-0.4, -0.2) is 156 Å². The molecule has 0 radical (unpaired) electrons. The number of ketones is 1. The van der Waals surface area contributed by atoms with Crippen LogP contribution in [0, 0.1) is 30.6 Å². The number of benzene rings is 2. The number of ether oxygens (including phenoxy) is 5. The number of hydrogen-bond acceptors (Lipinski definition) is 17. The van der Waals surface area contributed by atoms with Crippen LogP contribution in [0.2, 0.25) is 0 Å². The number of amides is 5. The van der Waals surface area contributed by atoms with Gasteiger partial charge >= 0.3 is 0 Å². The minimum atomic E-state index is -1.04. The van der Waals surface area contributed by atoms with Crippen LogP contribution in [0.25, 0.3) is 20.9 Å². The van der Waals surface area contributed by atoms with Crippen molar-refractivity contribution in [2.45, 2.75) is 118 Å². The molecular weight excluding hydrogens is 1020 g/mol. The first kappa shape index (κ1) is 59.7. The number of aromatic nitrogens is 2. The van der Waals surface area contributed by atoms with E-state index in [4.69, 9.17) is 23.7 Å². The average molecular weight is 1090 g/mol. The fourth-order valence-electron chi connectivity index (χ4n) is 8.94. The maximum absolute atomic E-state index is 14.0. The van der Waals surface area contributed by atoms with E-state index in [1.165, 1.54) is 9.80 Å². The van der Waals surface area contributed by atoms with Gasteiger partial charge in [-0.05, 0) is 46.9 Å². The molecule has 6 rings (SSSR count). The minimum Gasteiger partial charge on any atom is -0.391 e. The third-order valence-electron chi connectivity index (χ3n) is 13.1. The molecular formula is C54H73N7O13S2. The van der Waals surface area contributed by atoms with E-state index in [0.29, 0.717) is 0 Å². The average Bonchev–Trinajstić information content (AvgIpc) is 4.20. The zero-order chi connectivity index (χ0) is 55.2. The molecule has 20 nitrogen and oxygen atoms in total. The van der Waals surface area contributed by atoms with Crippen molar-refractivity contribution < 1.29 is 62.7 Å². The molecule has 5 N–H and O–H groups in total. The lowest BCUT2D eigenvalue weighted by Gasteiger charge is -2.35. The lowest BCUT2D eigenvalue weighted by atomic mass is 9.77. The van der Waals surface area contributed by atoms with Gasteiger partial charge in [0.2, 0.25) is 29.5 Å². The number of aryl methyl sites for hydroxylation is 2. The second kappa shape index (κ2) is 27.7. The van der Waals surface area contributed by atoms with Crippen molar-refractivity contribution in [1.29, 1.82) is 0 Å². The Balaban J connectivity index is 0.832. The molecule has 0 unspecified atom stereocenters. The Morgan fingerprint density at radius 3 is 1.55 bits per heavy atom. The molecule has 4 aromatic rings. The van der Waals surface area contributed by atoms with E-state index in [1.54, 1.807) is 54.5 Å². The number of nitrogens with one attached hydrogen (secondary N) is 3. The van der Waals surface area contributed by atoms with Gasteiger partial charge in [-0.25, -0.2) is 9.97 Å². The summed E-state index contributed by atoms with van der Waals surface area (Å²) in [6, 6.07) is 12.7. The van der Waals surface area contributed by atoms with Crippen molar-refractivity contribution >= 4 is 58.0 Å². The van der Waals surface area contributed by atoms with Gasteiger partial charge in [-0.2, -0.15) is 0 Å². The van der Waals surface area contributed by atoms with Crippen LogP contribution in [0.4, 0.5) is 0 Å². The Hall–Kier alpha value is -5.56. The number of β-amino-alcohol motifs (C(OH)–C–C–N with tert-alkyl or cyclic N) is 2. The monoisotopic (exact) mass is 1090 g/mol. The molecule has 2 saturated heterocycles. The Morgan fingerprint density at radius 2 is 1.09 bits per heavy atom. The van der Waals surface area contributed by atoms with Gasteiger partial charge in [0.15, 0.2) is 12.6 Å². The van der Waals surface area contributed by atoms with Gasteiger partial charge in [0, 0.05) is 51.4 Å². The molecule has 4 heterocycles. The predicted octanol–water partition coefficient (Wildman–Crippen LogP) is 4.51. The summed E-state index contributed by atoms with van der Waals surface area (Å²) in [6.07, 6.45) is -1.76. The number of thiazole rings is 2. The molecule has 6 atom stereocenters. The molecule has 5 amide bonds. The van der Waals surface area contributed by atoms with Gasteiger partial charge in [-0.3, -0.25) is 28.8 Å². The number of nitrogens with zero attached hydrogens (tertiary/aromatic N) is 4. The van der Waals surface area contributed by atoms with E-state index in [-0.39, 0.29) is 103 Å². The molecule has 2 aromatic carbocycles. The summed E-state index contributed by atoms with van der Waals surface area (Å²) in [5.74, 6) is -3.33. The number of aliphatic hydroxyl groups excluding tert-OH is 2. The van der Waals surface area contributed by atoms with Crippen LogP contribution in [0.3, 0.4) is 0 Å². The lowest BCUT2D eigenvalue weighted by molar-refractivity contribution is -0.175. The fourth-order valence-corrected chi connectivity index (χ4v) is 10.6. The normalized spacial score (nSPS) is 18.6. The van der Waals surface area contributed by atoms with Gasteiger partial charge in [-0.15, -0.1) is 22.7 Å². The predicted molar refractivity (Wildman–Crippen MR) is 284 cm³/mol. The zero-order valence-corrected chi connectivity index (χ0v) is 46.3. The maximum Gasteiger partial charge on any atom is 0.246 e. The first-order valence-corrected chi connectivity index (χ1v) is 27.1. The summed E-state index contributed by atoms with van der Waals surface area (Å²) in [5.41, 5.74) is 7.91. The highest BCUT2D eigenvalue weighted by Gasteiger charge is 2.46. The minimum absolute atomic E-state index is 0.0155. The number of rotatable bonds is 26. The smallest absolute Gasteiger partial charge is 0.246 e. The van der Waals surface area contributed by atoms with E-state index in [1.807, 2.05) is 83.1 Å². The van der Waals surface area contributed by atoms with E-state index in [9.17, 15) is 39.0 Å². The van der Waals surface area contributed by atoms with Crippen LogP contribution in [0.1, 0.15) is 83.3 Å². The highest BCUT2D eigenvalue weighted by atomic mass is 32.1.